The van der Waals surface area contributed by atoms with Crippen molar-refractivity contribution < 1.29 is 14.1 Å². The Hall–Kier alpha value is -3.00. The van der Waals surface area contributed by atoms with Gasteiger partial charge in [0.25, 0.3) is 17.1 Å². The number of fused-ring (bicyclic) bond motifs is 2. The monoisotopic (exact) mass is 398 g/mol. The number of carbonyl (C=O) groups is 1. The summed E-state index contributed by atoms with van der Waals surface area (Å²) in [4.78, 5) is 30.7. The molecule has 154 valence electrons. The first-order valence-electron chi connectivity index (χ1n) is 9.76. The molecule has 0 aliphatic carbocycles. The molecule has 0 unspecified atom stereocenters. The lowest BCUT2D eigenvalue weighted by Gasteiger charge is -2.13. The van der Waals surface area contributed by atoms with Crippen molar-refractivity contribution in [2.45, 2.75) is 33.7 Å². The minimum Gasteiger partial charge on any atom is -0.385 e. The average Bonchev–Trinajstić information content (AvgIpc) is 2.69. The lowest BCUT2D eigenvalue weighted by atomic mass is 10.1. The van der Waals surface area contributed by atoms with Gasteiger partial charge >= 0.3 is 0 Å². The first-order chi connectivity index (χ1) is 13.8. The van der Waals surface area contributed by atoms with E-state index in [0.717, 1.165) is 5.56 Å². The Balaban J connectivity index is 2.27. The fourth-order valence-corrected chi connectivity index (χ4v) is 3.28. The van der Waals surface area contributed by atoms with Gasteiger partial charge in [0, 0.05) is 38.4 Å². The van der Waals surface area contributed by atoms with Gasteiger partial charge in [-0.05, 0) is 25.0 Å². The van der Waals surface area contributed by atoms with Crippen molar-refractivity contribution in [1.82, 2.24) is 14.7 Å². The van der Waals surface area contributed by atoms with E-state index >= 15 is 0 Å². The Bertz CT molecular complexity index is 1120. The van der Waals surface area contributed by atoms with Crippen LogP contribution in [0.2, 0.25) is 0 Å². The Morgan fingerprint density at radius 2 is 2.17 bits per heavy atom. The predicted molar refractivity (Wildman–Crippen MR) is 112 cm³/mol. The maximum absolute atomic E-state index is 13.2. The number of nitrogens with two attached hydrogens (primary N) is 1. The van der Waals surface area contributed by atoms with Crippen molar-refractivity contribution in [2.75, 3.05) is 26.0 Å². The number of methoxy groups -OCH3 is 1. The van der Waals surface area contributed by atoms with Crippen molar-refractivity contribution in [3.8, 4) is 0 Å². The summed E-state index contributed by atoms with van der Waals surface area (Å²) in [6.07, 6.45) is 2.35. The summed E-state index contributed by atoms with van der Waals surface area (Å²) >= 11 is 0. The van der Waals surface area contributed by atoms with Gasteiger partial charge < -0.3 is 15.8 Å². The van der Waals surface area contributed by atoms with Crippen LogP contribution in [0.1, 0.15) is 36.2 Å². The van der Waals surface area contributed by atoms with Gasteiger partial charge in [0.15, 0.2) is 0 Å². The quantitative estimate of drug-likeness (QED) is 0.356. The van der Waals surface area contributed by atoms with Crippen LogP contribution in [0.5, 0.6) is 0 Å². The molecule has 8 nitrogen and oxygen atoms in total. The number of nitrogens with zero attached hydrogens (tertiary/aromatic N) is 3. The van der Waals surface area contributed by atoms with Gasteiger partial charge in [0.2, 0.25) is 11.5 Å². The van der Waals surface area contributed by atoms with Gasteiger partial charge in [-0.1, -0.05) is 24.9 Å². The first-order valence-corrected chi connectivity index (χ1v) is 9.76. The van der Waals surface area contributed by atoms with Crippen molar-refractivity contribution in [3.05, 3.63) is 45.9 Å². The van der Waals surface area contributed by atoms with Crippen molar-refractivity contribution in [3.63, 3.8) is 0 Å². The molecule has 0 atom stereocenters. The fraction of sp³-hybridized carbons (Fsp3) is 0.429. The second kappa shape index (κ2) is 8.57. The minimum atomic E-state index is -0.299. The van der Waals surface area contributed by atoms with Crippen LogP contribution in [0.15, 0.2) is 29.2 Å². The van der Waals surface area contributed by atoms with E-state index in [1.165, 1.54) is 4.40 Å². The Morgan fingerprint density at radius 1 is 1.41 bits per heavy atom. The van der Waals surface area contributed by atoms with Crippen LogP contribution in [0, 0.1) is 12.8 Å². The van der Waals surface area contributed by atoms with Crippen LogP contribution in [0.25, 0.3) is 16.7 Å². The molecule has 0 aromatic carbocycles. The highest BCUT2D eigenvalue weighted by molar-refractivity contribution is 6.00. The zero-order valence-electron chi connectivity index (χ0n) is 17.4. The number of rotatable bonds is 7. The fourth-order valence-electron chi connectivity index (χ4n) is 3.28. The predicted octanol–water partition coefficient (Wildman–Crippen LogP) is 1.45. The third-order valence-electron chi connectivity index (χ3n) is 4.82. The first kappa shape index (κ1) is 20.7. The molecule has 0 radical (unpaired) electrons. The molecule has 1 amide bonds. The van der Waals surface area contributed by atoms with Gasteiger partial charge in [0.1, 0.15) is 10.9 Å². The second-order valence-corrected chi connectivity index (χ2v) is 7.58. The van der Waals surface area contributed by atoms with E-state index in [2.05, 4.69) is 5.32 Å². The molecule has 0 bridgehead atoms. The van der Waals surface area contributed by atoms with E-state index in [-0.39, 0.29) is 17.0 Å². The smallest absolute Gasteiger partial charge is 0.278 e. The lowest BCUT2D eigenvalue weighted by Crippen LogP contribution is -2.43. The van der Waals surface area contributed by atoms with E-state index < -0.39 is 0 Å². The maximum Gasteiger partial charge on any atom is 0.278 e. The van der Waals surface area contributed by atoms with E-state index in [1.54, 1.807) is 30.0 Å². The highest BCUT2D eigenvalue weighted by atomic mass is 16.5. The molecule has 0 saturated heterocycles. The zero-order chi connectivity index (χ0) is 21.1. The highest BCUT2D eigenvalue weighted by Crippen LogP contribution is 2.16. The van der Waals surface area contributed by atoms with Crippen LogP contribution >= 0.6 is 0 Å². The molecule has 0 aliphatic heterocycles. The van der Waals surface area contributed by atoms with Crippen LogP contribution < -0.4 is 21.2 Å². The largest absolute Gasteiger partial charge is 0.385 e. The van der Waals surface area contributed by atoms with E-state index in [9.17, 15) is 9.59 Å². The number of hydrogen-bond donors (Lipinski definition) is 2. The van der Waals surface area contributed by atoms with Crippen molar-refractivity contribution in [2.24, 2.45) is 5.92 Å². The standard InChI is InChI=1S/C21H27N5O3/c1-13(2)12-23-20(27)15-11-16-19(25(17(15)22)9-6-10-29-4)24-18-14(3)7-5-8-26(18)21(16)28/h5,7-8,11,13,22H,6,9-10,12H2,1-4H3,(H,23,27)/p+1. The zero-order valence-corrected chi connectivity index (χ0v) is 17.4. The van der Waals surface area contributed by atoms with Gasteiger partial charge in [0.05, 0.1) is 6.54 Å². The number of aromatic nitrogens is 3. The number of nitrogen functional groups attached to an aromatic ring is 1. The number of anilines is 1. The molecule has 3 N–H and O–H groups in total. The number of pyridine rings is 2. The summed E-state index contributed by atoms with van der Waals surface area (Å²) in [5.74, 6) is 0.292. The van der Waals surface area contributed by atoms with Crippen LogP contribution in [-0.4, -0.2) is 35.6 Å². The maximum atomic E-state index is 13.2. The molecular formula is C21H28N5O3+. The summed E-state index contributed by atoms with van der Waals surface area (Å²) in [5, 5.41) is 3.23. The summed E-state index contributed by atoms with van der Waals surface area (Å²) in [5.41, 5.74) is 8.36. The van der Waals surface area contributed by atoms with Gasteiger partial charge in [-0.25, -0.2) is 4.57 Å². The molecule has 8 heteroatoms. The number of aryl methyl sites for hydroxylation is 2. The normalized spacial score (nSPS) is 11.5. The molecule has 0 aliphatic rings. The number of hydrogen-bond acceptors (Lipinski definition) is 5. The summed E-state index contributed by atoms with van der Waals surface area (Å²) < 4.78 is 8.40. The molecule has 0 spiro atoms. The molecule has 3 rings (SSSR count). The molecule has 0 fully saturated rings. The number of ether oxygens (including phenoxy) is 1. The molecule has 29 heavy (non-hydrogen) atoms. The van der Waals surface area contributed by atoms with Gasteiger partial charge in [-0.15, -0.1) is 0 Å². The summed E-state index contributed by atoms with van der Waals surface area (Å²) in [7, 11) is 1.63. The molecule has 0 saturated carbocycles. The third-order valence-corrected chi connectivity index (χ3v) is 4.82. The van der Waals surface area contributed by atoms with Crippen molar-refractivity contribution >= 4 is 28.4 Å². The van der Waals surface area contributed by atoms with E-state index in [4.69, 9.17) is 15.5 Å². The van der Waals surface area contributed by atoms with E-state index in [1.807, 2.05) is 26.8 Å². The highest BCUT2D eigenvalue weighted by Gasteiger charge is 2.24. The Morgan fingerprint density at radius 3 is 2.86 bits per heavy atom. The number of carbonyl (C=O) groups excluding carboxylic acids is 1. The Kier molecular flexibility index (Phi) is 6.12. The Labute approximate surface area is 169 Å². The van der Waals surface area contributed by atoms with Crippen LogP contribution in [-0.2, 0) is 11.3 Å². The van der Waals surface area contributed by atoms with Gasteiger partial charge in [-0.2, -0.15) is 0 Å². The third kappa shape index (κ3) is 4.07. The summed E-state index contributed by atoms with van der Waals surface area (Å²) in [6.45, 7) is 7.47. The average molecular weight is 398 g/mol. The molecule has 3 heterocycles. The molecule has 3 aromatic heterocycles. The van der Waals surface area contributed by atoms with Gasteiger partial charge in [-0.3, -0.25) is 14.0 Å². The topological polar surface area (TPSA) is 103 Å². The molecular weight excluding hydrogens is 370 g/mol. The lowest BCUT2D eigenvalue weighted by molar-refractivity contribution is -0.659. The summed E-state index contributed by atoms with van der Waals surface area (Å²) in [6, 6.07) is 5.26. The minimum absolute atomic E-state index is 0.230. The molecule has 3 aromatic rings. The van der Waals surface area contributed by atoms with E-state index in [0.29, 0.717) is 54.5 Å². The number of nitrogens with one attached hydrogen (secondary N) is 1. The SMILES string of the molecule is COCCC[n+]1c(N)c(C(=O)NCC(C)C)cc2c(=O)n3cccc(C)c3nc21. The number of amides is 1. The van der Waals surface area contributed by atoms with Crippen molar-refractivity contribution in [1.29, 1.82) is 0 Å². The second-order valence-electron chi connectivity index (χ2n) is 7.58. The van der Waals surface area contributed by atoms with Crippen LogP contribution in [0.3, 0.4) is 0 Å². The van der Waals surface area contributed by atoms with Crippen LogP contribution in [0.4, 0.5) is 5.82 Å².